The fraction of sp³-hybridized carbons (Fsp3) is 0.571. The number of nitrogens with one attached hydrogen (secondary N) is 1. The van der Waals surface area contributed by atoms with E-state index in [9.17, 15) is 0 Å². The lowest BCUT2D eigenvalue weighted by Gasteiger charge is -2.24. The summed E-state index contributed by atoms with van der Waals surface area (Å²) in [4.78, 5) is 8.91. The van der Waals surface area contributed by atoms with E-state index in [1.54, 1.807) is 11.3 Å². The van der Waals surface area contributed by atoms with Crippen molar-refractivity contribution in [2.24, 2.45) is 0 Å². The smallest absolute Gasteiger partial charge is 0.203 e. The lowest BCUT2D eigenvalue weighted by atomic mass is 9.95. The quantitative estimate of drug-likeness (QED) is 0.924. The first-order valence-electron chi connectivity index (χ1n) is 6.99. The van der Waals surface area contributed by atoms with E-state index in [2.05, 4.69) is 38.4 Å². The molecule has 4 nitrogen and oxygen atoms in total. The minimum atomic E-state index is 0.618. The van der Waals surface area contributed by atoms with Gasteiger partial charge in [-0.15, -0.1) is 11.3 Å². The van der Waals surface area contributed by atoms with Crippen LogP contribution < -0.4 is 5.32 Å². The SMILES string of the molecule is Cc1cn(C2CCCCC2)c(NCc2cscn2)n1. The molecule has 0 atom stereocenters. The lowest BCUT2D eigenvalue weighted by molar-refractivity contribution is 0.355. The van der Waals surface area contributed by atoms with Crippen molar-refractivity contribution in [2.45, 2.75) is 51.6 Å². The fourth-order valence-corrected chi connectivity index (χ4v) is 3.34. The van der Waals surface area contributed by atoms with Gasteiger partial charge in [-0.1, -0.05) is 19.3 Å². The molecule has 0 aliphatic heterocycles. The summed E-state index contributed by atoms with van der Waals surface area (Å²) in [5.74, 6) is 0.998. The Balaban J connectivity index is 1.72. The van der Waals surface area contributed by atoms with Crippen LogP contribution in [0.15, 0.2) is 17.1 Å². The minimum absolute atomic E-state index is 0.618. The van der Waals surface area contributed by atoms with Crippen LogP contribution >= 0.6 is 11.3 Å². The number of thiazole rings is 1. The lowest BCUT2D eigenvalue weighted by Crippen LogP contribution is -2.15. The summed E-state index contributed by atoms with van der Waals surface area (Å²) in [7, 11) is 0. The van der Waals surface area contributed by atoms with E-state index < -0.39 is 0 Å². The third-order valence-corrected chi connectivity index (χ3v) is 4.37. The molecule has 1 aliphatic rings. The Morgan fingerprint density at radius 3 is 2.95 bits per heavy atom. The molecule has 0 bridgehead atoms. The fourth-order valence-electron chi connectivity index (χ4n) is 2.78. The molecule has 2 heterocycles. The summed E-state index contributed by atoms with van der Waals surface area (Å²) >= 11 is 1.63. The van der Waals surface area contributed by atoms with E-state index in [0.717, 1.165) is 23.9 Å². The average Bonchev–Trinajstić information content (AvgIpc) is 3.06. The number of hydrogen-bond acceptors (Lipinski definition) is 4. The Labute approximate surface area is 117 Å². The summed E-state index contributed by atoms with van der Waals surface area (Å²) < 4.78 is 2.33. The molecule has 3 rings (SSSR count). The Hall–Kier alpha value is -1.36. The molecule has 19 heavy (non-hydrogen) atoms. The first-order chi connectivity index (χ1) is 9.33. The molecule has 2 aromatic rings. The zero-order valence-corrected chi connectivity index (χ0v) is 12.1. The molecule has 102 valence electrons. The van der Waals surface area contributed by atoms with E-state index in [-0.39, 0.29) is 0 Å². The van der Waals surface area contributed by atoms with Crippen molar-refractivity contribution in [1.29, 1.82) is 0 Å². The Kier molecular flexibility index (Phi) is 3.82. The van der Waals surface area contributed by atoms with Crippen LogP contribution in [0, 0.1) is 6.92 Å². The van der Waals surface area contributed by atoms with Gasteiger partial charge in [-0.2, -0.15) is 0 Å². The van der Waals surface area contributed by atoms with Crippen molar-refractivity contribution in [3.8, 4) is 0 Å². The monoisotopic (exact) mass is 276 g/mol. The van der Waals surface area contributed by atoms with Crippen LogP contribution in [0.1, 0.15) is 49.5 Å². The van der Waals surface area contributed by atoms with Crippen LogP contribution in [0.5, 0.6) is 0 Å². The summed E-state index contributed by atoms with van der Waals surface area (Å²) in [6.45, 7) is 2.82. The highest BCUT2D eigenvalue weighted by Gasteiger charge is 2.18. The Bertz CT molecular complexity index is 512. The normalized spacial score (nSPS) is 16.7. The van der Waals surface area contributed by atoms with Crippen molar-refractivity contribution < 1.29 is 0 Å². The summed E-state index contributed by atoms with van der Waals surface area (Å²) in [6, 6.07) is 0.618. The van der Waals surface area contributed by atoms with Crippen molar-refractivity contribution in [3.05, 3.63) is 28.5 Å². The molecular weight excluding hydrogens is 256 g/mol. The van der Waals surface area contributed by atoms with Gasteiger partial charge in [0.05, 0.1) is 23.4 Å². The molecule has 1 aliphatic carbocycles. The second-order valence-electron chi connectivity index (χ2n) is 5.24. The van der Waals surface area contributed by atoms with Gasteiger partial charge in [0.1, 0.15) is 0 Å². The second kappa shape index (κ2) is 5.74. The van der Waals surface area contributed by atoms with Gasteiger partial charge in [-0.25, -0.2) is 9.97 Å². The van der Waals surface area contributed by atoms with Crippen LogP contribution in [-0.4, -0.2) is 14.5 Å². The molecule has 1 fully saturated rings. The van der Waals surface area contributed by atoms with Gasteiger partial charge < -0.3 is 9.88 Å². The van der Waals surface area contributed by atoms with Crippen LogP contribution in [0.2, 0.25) is 0 Å². The number of hydrogen-bond donors (Lipinski definition) is 1. The zero-order valence-electron chi connectivity index (χ0n) is 11.3. The van der Waals surface area contributed by atoms with Gasteiger partial charge >= 0.3 is 0 Å². The predicted molar refractivity (Wildman–Crippen MR) is 78.5 cm³/mol. The van der Waals surface area contributed by atoms with Crippen molar-refractivity contribution in [2.75, 3.05) is 5.32 Å². The summed E-state index contributed by atoms with van der Waals surface area (Å²) in [5, 5.41) is 5.51. The molecule has 0 radical (unpaired) electrons. The molecule has 0 aromatic carbocycles. The molecule has 1 saturated carbocycles. The molecular formula is C14H20N4S. The van der Waals surface area contributed by atoms with E-state index in [1.165, 1.54) is 32.1 Å². The summed E-state index contributed by atoms with van der Waals surface area (Å²) in [5.41, 5.74) is 4.04. The molecule has 0 amide bonds. The number of aromatic nitrogens is 3. The van der Waals surface area contributed by atoms with Gasteiger partial charge in [0.2, 0.25) is 5.95 Å². The zero-order chi connectivity index (χ0) is 13.1. The van der Waals surface area contributed by atoms with E-state index in [1.807, 2.05) is 5.51 Å². The predicted octanol–water partition coefficient (Wildman–Crippen LogP) is 3.77. The highest BCUT2D eigenvalue weighted by molar-refractivity contribution is 7.07. The number of anilines is 1. The Morgan fingerprint density at radius 1 is 1.37 bits per heavy atom. The van der Waals surface area contributed by atoms with E-state index in [4.69, 9.17) is 0 Å². The van der Waals surface area contributed by atoms with Gasteiger partial charge in [0, 0.05) is 17.6 Å². The van der Waals surface area contributed by atoms with Crippen LogP contribution in [0.25, 0.3) is 0 Å². The van der Waals surface area contributed by atoms with Gasteiger partial charge in [-0.05, 0) is 19.8 Å². The molecule has 0 spiro atoms. The van der Waals surface area contributed by atoms with Crippen molar-refractivity contribution >= 4 is 17.3 Å². The van der Waals surface area contributed by atoms with Crippen LogP contribution in [0.3, 0.4) is 0 Å². The maximum absolute atomic E-state index is 4.61. The Morgan fingerprint density at radius 2 is 2.21 bits per heavy atom. The molecule has 1 N–H and O–H groups in total. The van der Waals surface area contributed by atoms with Gasteiger partial charge in [-0.3, -0.25) is 0 Å². The first-order valence-corrected chi connectivity index (χ1v) is 7.93. The first kappa shape index (κ1) is 12.7. The minimum Gasteiger partial charge on any atom is -0.350 e. The topological polar surface area (TPSA) is 42.7 Å². The maximum Gasteiger partial charge on any atom is 0.203 e. The third-order valence-electron chi connectivity index (χ3n) is 3.73. The molecule has 5 heteroatoms. The third kappa shape index (κ3) is 2.97. The number of imidazole rings is 1. The second-order valence-corrected chi connectivity index (χ2v) is 5.96. The highest BCUT2D eigenvalue weighted by Crippen LogP contribution is 2.30. The highest BCUT2D eigenvalue weighted by atomic mass is 32.1. The number of rotatable bonds is 4. The largest absolute Gasteiger partial charge is 0.350 e. The van der Waals surface area contributed by atoms with Gasteiger partial charge in [0.15, 0.2) is 0 Å². The van der Waals surface area contributed by atoms with Crippen molar-refractivity contribution in [1.82, 2.24) is 14.5 Å². The standard InChI is InChI=1S/C14H20N4S/c1-11-8-18(13-5-3-2-4-6-13)14(17-11)15-7-12-9-19-10-16-12/h8-10,13H,2-7H2,1H3,(H,15,17). The molecule has 2 aromatic heterocycles. The van der Waals surface area contributed by atoms with Crippen molar-refractivity contribution in [3.63, 3.8) is 0 Å². The maximum atomic E-state index is 4.61. The van der Waals surface area contributed by atoms with Crippen LogP contribution in [-0.2, 0) is 6.54 Å². The number of aryl methyl sites for hydroxylation is 1. The van der Waals surface area contributed by atoms with Crippen LogP contribution in [0.4, 0.5) is 5.95 Å². The van der Waals surface area contributed by atoms with E-state index in [0.29, 0.717) is 6.04 Å². The summed E-state index contributed by atoms with van der Waals surface area (Å²) in [6.07, 6.45) is 8.80. The number of nitrogens with zero attached hydrogens (tertiary/aromatic N) is 3. The average molecular weight is 276 g/mol. The molecule has 0 saturated heterocycles. The molecule has 0 unspecified atom stereocenters. The van der Waals surface area contributed by atoms with E-state index >= 15 is 0 Å². The van der Waals surface area contributed by atoms with Gasteiger partial charge in [0.25, 0.3) is 0 Å².